The Morgan fingerprint density at radius 1 is 1.47 bits per heavy atom. The number of benzene rings is 1. The van der Waals surface area contributed by atoms with Gasteiger partial charge in [0.25, 0.3) is 5.91 Å². The zero-order valence-electron chi connectivity index (χ0n) is 11.2. The van der Waals surface area contributed by atoms with E-state index in [9.17, 15) is 9.18 Å². The van der Waals surface area contributed by atoms with E-state index in [0.717, 1.165) is 37.8 Å². The molecule has 2 rings (SSSR count). The summed E-state index contributed by atoms with van der Waals surface area (Å²) in [6.07, 6.45) is 3.89. The van der Waals surface area contributed by atoms with Gasteiger partial charge in [-0.3, -0.25) is 4.79 Å². The molecule has 1 saturated heterocycles. The number of carbonyl (C=O) groups excluding carboxylic acids is 1. The van der Waals surface area contributed by atoms with Gasteiger partial charge >= 0.3 is 0 Å². The Morgan fingerprint density at radius 3 is 2.95 bits per heavy atom. The third-order valence-corrected chi connectivity index (χ3v) is 3.87. The van der Waals surface area contributed by atoms with Gasteiger partial charge in [0.1, 0.15) is 5.82 Å². The number of aryl methyl sites for hydroxylation is 1. The molecule has 0 spiro atoms. The molecule has 0 N–H and O–H groups in total. The van der Waals surface area contributed by atoms with Crippen LogP contribution in [0.5, 0.6) is 0 Å². The molecular weight excluding hydrogens is 265 g/mol. The number of hydrogen-bond donors (Lipinski definition) is 0. The van der Waals surface area contributed by atoms with E-state index in [0.29, 0.717) is 11.4 Å². The van der Waals surface area contributed by atoms with Gasteiger partial charge in [0, 0.05) is 24.0 Å². The van der Waals surface area contributed by atoms with Gasteiger partial charge in [-0.25, -0.2) is 4.39 Å². The quantitative estimate of drug-likeness (QED) is 0.771. The van der Waals surface area contributed by atoms with Crippen molar-refractivity contribution >= 4 is 17.5 Å². The van der Waals surface area contributed by atoms with Crippen LogP contribution in [0, 0.1) is 12.7 Å². The fourth-order valence-corrected chi connectivity index (χ4v) is 2.90. The van der Waals surface area contributed by atoms with Crippen molar-refractivity contribution in [3.05, 3.63) is 35.1 Å². The minimum atomic E-state index is -0.347. The average Bonchev–Trinajstić information content (AvgIpc) is 2.82. The molecule has 4 heteroatoms. The number of carbonyl (C=O) groups is 1. The highest BCUT2D eigenvalue weighted by Gasteiger charge is 2.29. The van der Waals surface area contributed by atoms with Crippen LogP contribution >= 0.6 is 11.6 Å². The number of amides is 1. The maximum Gasteiger partial charge on any atom is 0.254 e. The summed E-state index contributed by atoms with van der Waals surface area (Å²) in [5.41, 5.74) is 1.23. The lowest BCUT2D eigenvalue weighted by atomic mass is 10.1. The number of likely N-dealkylation sites (tertiary alicyclic amines) is 1. The van der Waals surface area contributed by atoms with E-state index in [2.05, 4.69) is 0 Å². The Kier molecular flexibility index (Phi) is 4.81. The molecule has 104 valence electrons. The molecular formula is C15H19ClFNO. The summed E-state index contributed by atoms with van der Waals surface area (Å²) in [6.45, 7) is 2.57. The van der Waals surface area contributed by atoms with Crippen LogP contribution in [-0.4, -0.2) is 29.3 Å². The molecule has 0 radical (unpaired) electrons. The molecule has 1 amide bonds. The summed E-state index contributed by atoms with van der Waals surface area (Å²) in [5.74, 6) is 0.219. The lowest BCUT2D eigenvalue weighted by Crippen LogP contribution is -2.35. The van der Waals surface area contributed by atoms with Gasteiger partial charge in [-0.2, -0.15) is 0 Å². The summed E-state index contributed by atoms with van der Waals surface area (Å²) in [4.78, 5) is 14.3. The lowest BCUT2D eigenvalue weighted by Gasteiger charge is -2.24. The first-order valence-electron chi connectivity index (χ1n) is 6.76. The molecule has 1 aromatic carbocycles. The van der Waals surface area contributed by atoms with E-state index in [1.165, 1.54) is 12.1 Å². The normalized spacial score (nSPS) is 18.9. The second kappa shape index (κ2) is 6.38. The second-order valence-corrected chi connectivity index (χ2v) is 5.52. The third kappa shape index (κ3) is 3.47. The number of rotatable bonds is 4. The number of nitrogens with zero attached hydrogens (tertiary/aromatic N) is 1. The molecule has 1 atom stereocenters. The molecule has 1 heterocycles. The fourth-order valence-electron chi connectivity index (χ4n) is 2.74. The lowest BCUT2D eigenvalue weighted by molar-refractivity contribution is 0.0729. The standard InChI is InChI=1S/C15H19ClFNO/c1-11-8-12(10-13(17)9-11)15(19)18-7-3-5-14(18)4-2-6-16/h8-10,14H,2-7H2,1H3. The number of hydrogen-bond acceptors (Lipinski definition) is 1. The summed E-state index contributed by atoms with van der Waals surface area (Å²) < 4.78 is 13.4. The van der Waals surface area contributed by atoms with Gasteiger partial charge in [0.2, 0.25) is 0 Å². The highest BCUT2D eigenvalue weighted by molar-refractivity contribution is 6.17. The first kappa shape index (κ1) is 14.3. The molecule has 1 aliphatic rings. The average molecular weight is 284 g/mol. The van der Waals surface area contributed by atoms with Crippen molar-refractivity contribution in [3.8, 4) is 0 Å². The van der Waals surface area contributed by atoms with Crippen LogP contribution in [0.2, 0.25) is 0 Å². The van der Waals surface area contributed by atoms with Crippen LogP contribution in [0.25, 0.3) is 0 Å². The Labute approximate surface area is 118 Å². The van der Waals surface area contributed by atoms with Crippen LogP contribution < -0.4 is 0 Å². The van der Waals surface area contributed by atoms with E-state index in [4.69, 9.17) is 11.6 Å². The molecule has 1 aliphatic heterocycles. The molecule has 0 aromatic heterocycles. The Bertz CT molecular complexity index is 443. The Morgan fingerprint density at radius 2 is 2.26 bits per heavy atom. The summed E-state index contributed by atoms with van der Waals surface area (Å²) >= 11 is 5.71. The number of halogens is 2. The SMILES string of the molecule is Cc1cc(F)cc(C(=O)N2CCCC2CCCCl)c1. The predicted octanol–water partition coefficient (Wildman–Crippen LogP) is 3.76. The second-order valence-electron chi connectivity index (χ2n) is 5.14. The van der Waals surface area contributed by atoms with Gasteiger partial charge < -0.3 is 4.90 Å². The summed E-state index contributed by atoms with van der Waals surface area (Å²) in [7, 11) is 0. The van der Waals surface area contributed by atoms with E-state index in [1.54, 1.807) is 13.0 Å². The molecule has 2 nitrogen and oxygen atoms in total. The zero-order chi connectivity index (χ0) is 13.8. The summed E-state index contributed by atoms with van der Waals surface area (Å²) in [5, 5.41) is 0. The molecule has 0 bridgehead atoms. The van der Waals surface area contributed by atoms with Gasteiger partial charge in [-0.1, -0.05) is 0 Å². The molecule has 0 aliphatic carbocycles. The topological polar surface area (TPSA) is 20.3 Å². The largest absolute Gasteiger partial charge is 0.336 e. The maximum atomic E-state index is 13.4. The van der Waals surface area contributed by atoms with Crippen LogP contribution in [0.15, 0.2) is 18.2 Å². The Hall–Kier alpha value is -1.09. The van der Waals surface area contributed by atoms with Gasteiger partial charge in [0.15, 0.2) is 0 Å². The van der Waals surface area contributed by atoms with E-state index >= 15 is 0 Å². The predicted molar refractivity (Wildman–Crippen MR) is 75.1 cm³/mol. The molecule has 1 fully saturated rings. The third-order valence-electron chi connectivity index (χ3n) is 3.60. The Balaban J connectivity index is 2.13. The van der Waals surface area contributed by atoms with Gasteiger partial charge in [-0.15, -0.1) is 11.6 Å². The van der Waals surface area contributed by atoms with Crippen molar-refractivity contribution in [2.75, 3.05) is 12.4 Å². The van der Waals surface area contributed by atoms with Crippen molar-refractivity contribution in [3.63, 3.8) is 0 Å². The minimum Gasteiger partial charge on any atom is -0.336 e. The van der Waals surface area contributed by atoms with E-state index in [-0.39, 0.29) is 17.8 Å². The first-order valence-corrected chi connectivity index (χ1v) is 7.29. The molecule has 0 saturated carbocycles. The molecule has 19 heavy (non-hydrogen) atoms. The van der Waals surface area contributed by atoms with Crippen LogP contribution in [0.3, 0.4) is 0 Å². The zero-order valence-corrected chi connectivity index (χ0v) is 11.9. The summed E-state index contributed by atoms with van der Waals surface area (Å²) in [6, 6.07) is 4.77. The van der Waals surface area contributed by atoms with Gasteiger partial charge in [-0.05, 0) is 56.4 Å². The molecule has 1 unspecified atom stereocenters. The first-order chi connectivity index (χ1) is 9.11. The van der Waals surface area contributed by atoms with E-state index in [1.807, 2.05) is 4.90 Å². The van der Waals surface area contributed by atoms with Crippen molar-refractivity contribution in [2.24, 2.45) is 0 Å². The smallest absolute Gasteiger partial charge is 0.254 e. The van der Waals surface area contributed by atoms with Crippen LogP contribution in [0.1, 0.15) is 41.6 Å². The fraction of sp³-hybridized carbons (Fsp3) is 0.533. The van der Waals surface area contributed by atoms with E-state index < -0.39 is 0 Å². The van der Waals surface area contributed by atoms with Crippen molar-refractivity contribution in [1.29, 1.82) is 0 Å². The monoisotopic (exact) mass is 283 g/mol. The van der Waals surface area contributed by atoms with Crippen LogP contribution in [-0.2, 0) is 0 Å². The minimum absolute atomic E-state index is 0.0559. The van der Waals surface area contributed by atoms with Crippen LogP contribution in [0.4, 0.5) is 4.39 Å². The number of alkyl halides is 1. The highest BCUT2D eigenvalue weighted by atomic mass is 35.5. The maximum absolute atomic E-state index is 13.4. The van der Waals surface area contributed by atoms with Crippen molar-refractivity contribution in [2.45, 2.75) is 38.6 Å². The highest BCUT2D eigenvalue weighted by Crippen LogP contribution is 2.24. The molecule has 1 aromatic rings. The van der Waals surface area contributed by atoms with Gasteiger partial charge in [0.05, 0.1) is 0 Å². The van der Waals surface area contributed by atoms with Crippen molar-refractivity contribution in [1.82, 2.24) is 4.90 Å². The van der Waals surface area contributed by atoms with Crippen molar-refractivity contribution < 1.29 is 9.18 Å².